The minimum absolute atomic E-state index is 0.0874. The van der Waals surface area contributed by atoms with Crippen LogP contribution in [0.1, 0.15) is 42.2 Å². The third-order valence-electron chi connectivity index (χ3n) is 5.69. The van der Waals surface area contributed by atoms with Crippen molar-refractivity contribution >= 4 is 5.91 Å². The molecule has 1 aliphatic heterocycles. The van der Waals surface area contributed by atoms with Gasteiger partial charge in [0.1, 0.15) is 11.5 Å². The lowest BCUT2D eigenvalue weighted by Gasteiger charge is -2.35. The molecule has 3 atom stereocenters. The monoisotopic (exact) mass is 370 g/mol. The quantitative estimate of drug-likeness (QED) is 0.894. The molecule has 1 amide bonds. The summed E-state index contributed by atoms with van der Waals surface area (Å²) in [6, 6.07) is 10.1. The van der Waals surface area contributed by atoms with Gasteiger partial charge in [-0.05, 0) is 24.8 Å². The highest BCUT2D eigenvalue weighted by molar-refractivity contribution is 5.79. The fraction of sp³-hybridized carbons (Fsp3) is 0.524. The van der Waals surface area contributed by atoms with Crippen LogP contribution >= 0.6 is 0 Å². The number of aliphatic hydroxyl groups is 1. The van der Waals surface area contributed by atoms with Crippen LogP contribution in [0.5, 0.6) is 0 Å². The summed E-state index contributed by atoms with van der Waals surface area (Å²) >= 11 is 0. The molecule has 1 aromatic heterocycles. The van der Waals surface area contributed by atoms with Gasteiger partial charge in [-0.2, -0.15) is 0 Å². The second-order valence-corrected chi connectivity index (χ2v) is 7.50. The third kappa shape index (κ3) is 3.92. The molecule has 4 rings (SSSR count). The van der Waals surface area contributed by atoms with E-state index in [0.29, 0.717) is 51.1 Å². The average molecular weight is 370 g/mol. The molecule has 6 heteroatoms. The molecule has 144 valence electrons. The van der Waals surface area contributed by atoms with Crippen molar-refractivity contribution in [1.82, 2.24) is 9.88 Å². The maximum absolute atomic E-state index is 13.0. The van der Waals surface area contributed by atoms with E-state index in [4.69, 9.17) is 9.15 Å². The Morgan fingerprint density at radius 3 is 2.93 bits per heavy atom. The first-order valence-corrected chi connectivity index (χ1v) is 9.65. The summed E-state index contributed by atoms with van der Waals surface area (Å²) in [5.74, 6) is 1.66. The molecule has 2 aromatic rings. The maximum Gasteiger partial charge on any atom is 0.226 e. The molecule has 1 fully saturated rings. The summed E-state index contributed by atoms with van der Waals surface area (Å²) in [4.78, 5) is 19.5. The van der Waals surface area contributed by atoms with Crippen molar-refractivity contribution in [2.45, 2.75) is 50.9 Å². The number of hydrogen-bond donors (Lipinski definition) is 1. The highest BCUT2D eigenvalue weighted by atomic mass is 16.5. The van der Waals surface area contributed by atoms with Crippen LogP contribution < -0.4 is 0 Å². The molecular weight excluding hydrogens is 344 g/mol. The standard InChI is InChI=1S/C21H26N2O4/c1-26-19-12-15(7-8-17(19)24)21(25)23-10-9-18-16(13-23)22-20(27-18)11-14-5-3-2-4-6-14/h2-6,15,17,19,24H,7-13H2,1H3/t15-,17+,19-/m0/s1. The van der Waals surface area contributed by atoms with Crippen molar-refractivity contribution in [3.05, 3.63) is 53.2 Å². The predicted molar refractivity (Wildman–Crippen MR) is 99.0 cm³/mol. The van der Waals surface area contributed by atoms with Gasteiger partial charge in [0.2, 0.25) is 5.91 Å². The van der Waals surface area contributed by atoms with Gasteiger partial charge >= 0.3 is 0 Å². The zero-order chi connectivity index (χ0) is 18.8. The number of aliphatic hydroxyl groups excluding tert-OH is 1. The Morgan fingerprint density at radius 2 is 2.15 bits per heavy atom. The van der Waals surface area contributed by atoms with E-state index < -0.39 is 6.10 Å². The summed E-state index contributed by atoms with van der Waals surface area (Å²) in [6.07, 6.45) is 2.54. The Balaban J connectivity index is 1.41. The number of ether oxygens (including phenoxy) is 1. The third-order valence-corrected chi connectivity index (χ3v) is 5.69. The van der Waals surface area contributed by atoms with Crippen molar-refractivity contribution in [2.75, 3.05) is 13.7 Å². The molecular formula is C21H26N2O4. The lowest BCUT2D eigenvalue weighted by atomic mass is 9.84. The smallest absolute Gasteiger partial charge is 0.226 e. The number of aromatic nitrogens is 1. The van der Waals surface area contributed by atoms with Crippen molar-refractivity contribution in [3.63, 3.8) is 0 Å². The van der Waals surface area contributed by atoms with E-state index in [2.05, 4.69) is 17.1 Å². The second-order valence-electron chi connectivity index (χ2n) is 7.50. The van der Waals surface area contributed by atoms with Gasteiger partial charge in [0, 0.05) is 32.4 Å². The normalized spacial score (nSPS) is 25.3. The first-order chi connectivity index (χ1) is 13.1. The summed E-state index contributed by atoms with van der Waals surface area (Å²) in [7, 11) is 1.59. The number of rotatable bonds is 4. The Morgan fingerprint density at radius 1 is 1.33 bits per heavy atom. The number of amides is 1. The fourth-order valence-electron chi connectivity index (χ4n) is 4.14. The van der Waals surface area contributed by atoms with Crippen LogP contribution in [-0.2, 0) is 28.9 Å². The van der Waals surface area contributed by atoms with Crippen LogP contribution in [0.25, 0.3) is 0 Å². The molecule has 27 heavy (non-hydrogen) atoms. The van der Waals surface area contributed by atoms with Gasteiger partial charge in [-0.25, -0.2) is 4.98 Å². The Hall–Kier alpha value is -2.18. The molecule has 1 aromatic carbocycles. The minimum Gasteiger partial charge on any atom is -0.445 e. The van der Waals surface area contributed by atoms with Gasteiger partial charge in [0.05, 0.1) is 18.8 Å². The van der Waals surface area contributed by atoms with Crippen LogP contribution in [0.2, 0.25) is 0 Å². The molecule has 1 saturated carbocycles. The zero-order valence-corrected chi connectivity index (χ0v) is 15.6. The number of carbonyl (C=O) groups excluding carboxylic acids is 1. The molecule has 0 spiro atoms. The van der Waals surface area contributed by atoms with Gasteiger partial charge in [0.25, 0.3) is 0 Å². The Kier molecular flexibility index (Phi) is 5.27. The average Bonchev–Trinajstić information content (AvgIpc) is 3.10. The summed E-state index contributed by atoms with van der Waals surface area (Å²) < 4.78 is 11.3. The first-order valence-electron chi connectivity index (χ1n) is 9.65. The van der Waals surface area contributed by atoms with E-state index in [1.54, 1.807) is 7.11 Å². The second kappa shape index (κ2) is 7.82. The van der Waals surface area contributed by atoms with Crippen LogP contribution in [0.3, 0.4) is 0 Å². The highest BCUT2D eigenvalue weighted by Crippen LogP contribution is 2.30. The topological polar surface area (TPSA) is 75.8 Å². The molecule has 1 N–H and O–H groups in total. The van der Waals surface area contributed by atoms with E-state index in [1.165, 1.54) is 0 Å². The number of oxazole rings is 1. The molecule has 0 saturated heterocycles. The van der Waals surface area contributed by atoms with Crippen molar-refractivity contribution in [2.24, 2.45) is 5.92 Å². The van der Waals surface area contributed by atoms with Gasteiger partial charge < -0.3 is 19.2 Å². The lowest BCUT2D eigenvalue weighted by Crippen LogP contribution is -2.44. The SMILES string of the molecule is CO[C@H]1C[C@@H](C(=O)N2CCc3oc(Cc4ccccc4)nc3C2)CC[C@H]1O. The fourth-order valence-corrected chi connectivity index (χ4v) is 4.14. The van der Waals surface area contributed by atoms with E-state index in [9.17, 15) is 9.90 Å². The number of carbonyl (C=O) groups is 1. The van der Waals surface area contributed by atoms with Crippen LogP contribution in [0.15, 0.2) is 34.7 Å². The molecule has 2 heterocycles. The molecule has 6 nitrogen and oxygen atoms in total. The number of hydrogen-bond acceptors (Lipinski definition) is 5. The van der Waals surface area contributed by atoms with Crippen molar-refractivity contribution < 1.29 is 19.1 Å². The minimum atomic E-state index is -0.469. The largest absolute Gasteiger partial charge is 0.445 e. The van der Waals surface area contributed by atoms with Crippen LogP contribution in [0, 0.1) is 5.92 Å². The number of fused-ring (bicyclic) bond motifs is 1. The number of methoxy groups -OCH3 is 1. The van der Waals surface area contributed by atoms with E-state index >= 15 is 0 Å². The van der Waals surface area contributed by atoms with Crippen molar-refractivity contribution in [3.8, 4) is 0 Å². The molecule has 0 unspecified atom stereocenters. The summed E-state index contributed by atoms with van der Waals surface area (Å²) in [6.45, 7) is 1.16. The molecule has 1 aliphatic carbocycles. The highest BCUT2D eigenvalue weighted by Gasteiger charge is 2.36. The molecule has 0 bridgehead atoms. The van der Waals surface area contributed by atoms with Gasteiger partial charge in [-0.3, -0.25) is 4.79 Å². The van der Waals surface area contributed by atoms with E-state index in [-0.39, 0.29) is 17.9 Å². The van der Waals surface area contributed by atoms with Gasteiger partial charge in [-0.15, -0.1) is 0 Å². The summed E-state index contributed by atoms with van der Waals surface area (Å²) in [5, 5.41) is 9.96. The molecule has 0 radical (unpaired) electrons. The maximum atomic E-state index is 13.0. The first kappa shape index (κ1) is 18.2. The van der Waals surface area contributed by atoms with Crippen LogP contribution in [-0.4, -0.2) is 46.8 Å². The van der Waals surface area contributed by atoms with E-state index in [1.807, 2.05) is 23.1 Å². The van der Waals surface area contributed by atoms with Crippen LogP contribution in [0.4, 0.5) is 0 Å². The summed E-state index contributed by atoms with van der Waals surface area (Å²) in [5.41, 5.74) is 2.04. The lowest BCUT2D eigenvalue weighted by molar-refractivity contribution is -0.142. The number of benzene rings is 1. The van der Waals surface area contributed by atoms with Crippen molar-refractivity contribution in [1.29, 1.82) is 0 Å². The van der Waals surface area contributed by atoms with Gasteiger partial charge in [-0.1, -0.05) is 30.3 Å². The Labute approximate surface area is 159 Å². The number of nitrogens with zero attached hydrogens (tertiary/aromatic N) is 2. The van der Waals surface area contributed by atoms with E-state index in [0.717, 1.165) is 17.0 Å². The van der Waals surface area contributed by atoms with Gasteiger partial charge in [0.15, 0.2) is 5.89 Å². The molecule has 2 aliphatic rings. The Bertz CT molecular complexity index is 789. The predicted octanol–water partition coefficient (Wildman–Crippen LogP) is 2.33. The zero-order valence-electron chi connectivity index (χ0n) is 15.6.